The molecule has 2 aliphatic rings. The molecule has 1 saturated carbocycles. The van der Waals surface area contributed by atoms with Crippen LogP contribution >= 0.6 is 23.2 Å². The fourth-order valence-corrected chi connectivity index (χ4v) is 4.37. The van der Waals surface area contributed by atoms with Crippen LogP contribution in [0, 0.1) is 5.41 Å². The van der Waals surface area contributed by atoms with E-state index in [9.17, 15) is 4.55 Å². The van der Waals surface area contributed by atoms with E-state index in [1.165, 1.54) is 0 Å². The van der Waals surface area contributed by atoms with Gasteiger partial charge < -0.3 is 14.2 Å². The second-order valence-corrected chi connectivity index (χ2v) is 7.83. The highest BCUT2D eigenvalue weighted by molar-refractivity contribution is 8.05. The van der Waals surface area contributed by atoms with Gasteiger partial charge in [-0.1, -0.05) is 11.6 Å². The van der Waals surface area contributed by atoms with Crippen molar-refractivity contribution in [2.24, 2.45) is 0 Å². The Morgan fingerprint density at radius 1 is 1.45 bits per heavy atom. The average Bonchev–Trinajstić information content (AvgIpc) is 3.31. The lowest BCUT2D eigenvalue weighted by Crippen LogP contribution is -2.44. The number of aromatic nitrogens is 2. The van der Waals surface area contributed by atoms with E-state index in [0.29, 0.717) is 49.1 Å². The Bertz CT molecular complexity index is 600. The van der Waals surface area contributed by atoms with Gasteiger partial charge in [-0.25, -0.2) is 4.98 Å². The van der Waals surface area contributed by atoms with E-state index in [0.717, 1.165) is 5.55 Å². The van der Waals surface area contributed by atoms with Crippen LogP contribution in [0.5, 0.6) is 0 Å². The first-order valence-electron chi connectivity index (χ1n) is 6.99. The minimum atomic E-state index is -1.45. The first kappa shape index (κ1) is 16.3. The first-order chi connectivity index (χ1) is 10.5. The van der Waals surface area contributed by atoms with Gasteiger partial charge in [-0.3, -0.25) is 5.41 Å². The van der Waals surface area contributed by atoms with Gasteiger partial charge in [-0.05, 0) is 18.5 Å². The summed E-state index contributed by atoms with van der Waals surface area (Å²) in [7, 11) is 0. The molecule has 1 aliphatic heterocycles. The molecule has 0 aromatic carbocycles. The van der Waals surface area contributed by atoms with Crippen molar-refractivity contribution < 1.29 is 9.29 Å². The maximum absolute atomic E-state index is 12.2. The number of morpholine rings is 1. The largest absolute Gasteiger partial charge is 0.610 e. The van der Waals surface area contributed by atoms with Crippen molar-refractivity contribution in [2.75, 3.05) is 24.7 Å². The van der Waals surface area contributed by atoms with E-state index in [-0.39, 0.29) is 11.3 Å². The van der Waals surface area contributed by atoms with Crippen molar-refractivity contribution in [3.63, 3.8) is 0 Å². The molecular weight excluding hydrogens is 347 g/mol. The monoisotopic (exact) mass is 362 g/mol. The van der Waals surface area contributed by atoms with Crippen molar-refractivity contribution in [3.8, 4) is 0 Å². The number of rotatable bonds is 4. The first-order valence-corrected chi connectivity index (χ1v) is 8.95. The lowest BCUT2D eigenvalue weighted by molar-refractivity contribution is 0.0985. The quantitative estimate of drug-likeness (QED) is 0.384. The van der Waals surface area contributed by atoms with Gasteiger partial charge in [0, 0.05) is 30.6 Å². The lowest BCUT2D eigenvalue weighted by Gasteiger charge is -2.35. The number of ether oxygens (including phenoxy) is 1. The molecule has 2 fully saturated rings. The van der Waals surface area contributed by atoms with E-state index in [1.807, 2.05) is 11.8 Å². The molecule has 0 spiro atoms. The number of hydrogen-bond acceptors (Lipinski definition) is 6. The van der Waals surface area contributed by atoms with Gasteiger partial charge in [-0.2, -0.15) is 4.98 Å². The van der Waals surface area contributed by atoms with Crippen LogP contribution in [0.2, 0.25) is 10.3 Å². The number of nitrogens with one attached hydrogen (secondary N) is 1. The molecule has 1 saturated heterocycles. The van der Waals surface area contributed by atoms with Gasteiger partial charge in [0.05, 0.1) is 19.3 Å². The summed E-state index contributed by atoms with van der Waals surface area (Å²) in [6, 6.07) is 0.119. The van der Waals surface area contributed by atoms with E-state index < -0.39 is 15.9 Å². The zero-order valence-electron chi connectivity index (χ0n) is 12.0. The minimum absolute atomic E-state index is 0.0846. The van der Waals surface area contributed by atoms with Crippen LogP contribution in [0.25, 0.3) is 0 Å². The summed E-state index contributed by atoms with van der Waals surface area (Å²) in [5.74, 6) is 0.556. The second kappa shape index (κ2) is 6.13. The van der Waals surface area contributed by atoms with Crippen LogP contribution in [0.1, 0.15) is 25.5 Å². The van der Waals surface area contributed by atoms with Crippen molar-refractivity contribution in [3.05, 3.63) is 16.0 Å². The minimum Gasteiger partial charge on any atom is -0.610 e. The van der Waals surface area contributed by atoms with Crippen LogP contribution in [0.3, 0.4) is 0 Å². The highest BCUT2D eigenvalue weighted by Gasteiger charge is 2.58. The molecule has 2 atom stereocenters. The Labute approximate surface area is 141 Å². The summed E-state index contributed by atoms with van der Waals surface area (Å²) >= 11 is 11.2. The van der Waals surface area contributed by atoms with Crippen molar-refractivity contribution >= 4 is 45.7 Å². The molecule has 1 N–H and O–H groups in total. The predicted molar refractivity (Wildman–Crippen MR) is 87.5 cm³/mol. The van der Waals surface area contributed by atoms with Gasteiger partial charge in [0.15, 0.2) is 10.6 Å². The van der Waals surface area contributed by atoms with Crippen LogP contribution in [0.4, 0.5) is 5.82 Å². The van der Waals surface area contributed by atoms with Crippen LogP contribution in [-0.4, -0.2) is 45.9 Å². The zero-order valence-corrected chi connectivity index (χ0v) is 14.3. The molecule has 1 aromatic rings. The maximum Gasteiger partial charge on any atom is 0.224 e. The van der Waals surface area contributed by atoms with Crippen molar-refractivity contribution in [1.29, 1.82) is 5.41 Å². The molecule has 0 amide bonds. The molecule has 1 unspecified atom stereocenters. The van der Waals surface area contributed by atoms with Crippen LogP contribution in [0.15, 0.2) is 0 Å². The summed E-state index contributed by atoms with van der Waals surface area (Å²) in [6.45, 7) is 3.86. The van der Waals surface area contributed by atoms with Gasteiger partial charge in [0.1, 0.15) is 10.7 Å². The summed E-state index contributed by atoms with van der Waals surface area (Å²) < 4.78 is 16.9. The third kappa shape index (κ3) is 2.69. The Kier molecular flexibility index (Phi) is 4.53. The van der Waals surface area contributed by atoms with Gasteiger partial charge in [0.2, 0.25) is 10.8 Å². The summed E-state index contributed by atoms with van der Waals surface area (Å²) in [5.41, 5.74) is 1.43. The smallest absolute Gasteiger partial charge is 0.224 e. The Morgan fingerprint density at radius 2 is 2.18 bits per heavy atom. The normalized spacial score (nSPS) is 24.9. The fourth-order valence-electron chi connectivity index (χ4n) is 2.70. The number of anilines is 1. The highest BCUT2D eigenvalue weighted by atomic mass is 35.5. The maximum atomic E-state index is 12.2. The molecule has 9 heteroatoms. The van der Waals surface area contributed by atoms with E-state index in [2.05, 4.69) is 9.97 Å². The van der Waals surface area contributed by atoms with Crippen molar-refractivity contribution in [1.82, 2.24) is 9.97 Å². The zero-order chi connectivity index (χ0) is 15.9. The predicted octanol–water partition coefficient (Wildman–Crippen LogP) is 2.35. The molecule has 0 radical (unpaired) electrons. The molecule has 1 aliphatic carbocycles. The Hall–Kier alpha value is -0.600. The molecule has 120 valence electrons. The summed E-state index contributed by atoms with van der Waals surface area (Å²) in [4.78, 5) is 10.5. The third-order valence-electron chi connectivity index (χ3n) is 4.07. The SMILES string of the molecule is C[C@@H]1COCCN1c1nc(Cl)nc(C2([S+]([O-])C=N)CC2)c1Cl. The molecule has 3 rings (SSSR count). The fraction of sp³-hybridized carbons (Fsp3) is 0.615. The van der Waals surface area contributed by atoms with Crippen LogP contribution in [-0.2, 0) is 20.7 Å². The topological polar surface area (TPSA) is 85.2 Å². The van der Waals surface area contributed by atoms with E-state index in [1.54, 1.807) is 0 Å². The van der Waals surface area contributed by atoms with E-state index in [4.69, 9.17) is 33.3 Å². The summed E-state index contributed by atoms with van der Waals surface area (Å²) in [6.07, 6.45) is 1.36. The van der Waals surface area contributed by atoms with Gasteiger partial charge >= 0.3 is 0 Å². The molecule has 22 heavy (non-hydrogen) atoms. The number of hydrogen-bond donors (Lipinski definition) is 1. The average molecular weight is 363 g/mol. The van der Waals surface area contributed by atoms with Crippen LogP contribution < -0.4 is 4.90 Å². The number of nitrogens with zero attached hydrogens (tertiary/aromatic N) is 3. The Balaban J connectivity index is 2.05. The molecule has 0 bridgehead atoms. The molecule has 2 heterocycles. The molecule has 6 nitrogen and oxygen atoms in total. The van der Waals surface area contributed by atoms with Gasteiger partial charge in [0.25, 0.3) is 0 Å². The third-order valence-corrected chi connectivity index (χ3v) is 6.18. The molecule has 1 aromatic heterocycles. The summed E-state index contributed by atoms with van der Waals surface area (Å²) in [5, 5.41) is 7.75. The van der Waals surface area contributed by atoms with Crippen molar-refractivity contribution in [2.45, 2.75) is 30.6 Å². The lowest BCUT2D eigenvalue weighted by atomic mass is 10.2. The highest BCUT2D eigenvalue weighted by Crippen LogP contribution is 2.55. The second-order valence-electron chi connectivity index (χ2n) is 5.51. The van der Waals surface area contributed by atoms with E-state index >= 15 is 0 Å². The Morgan fingerprint density at radius 3 is 2.77 bits per heavy atom. The van der Waals surface area contributed by atoms with Gasteiger partial charge in [-0.15, -0.1) is 0 Å². The standard InChI is InChI=1S/C13H16Cl2N4O2S/c1-8-6-21-5-4-19(8)11-9(14)10(17-12(15)18-11)13(2-3-13)22(20)7-16/h7-8,16H,2-6H2,1H3/t8-,22?/m1/s1. The molecular formula is C13H16Cl2N4O2S. The number of halogens is 2.